The smallest absolute Gasteiger partial charge is 0.251 e. The van der Waals surface area contributed by atoms with Gasteiger partial charge in [0.1, 0.15) is 12.0 Å². The van der Waals surface area contributed by atoms with E-state index in [1.165, 1.54) is 12.5 Å². The number of aromatic nitrogens is 1. The molecule has 0 aliphatic rings. The first-order valence-corrected chi connectivity index (χ1v) is 3.96. The molecule has 0 saturated carbocycles. The lowest BCUT2D eigenvalue weighted by Gasteiger charge is -2.02. The molecule has 0 unspecified atom stereocenters. The molecule has 0 bridgehead atoms. The maximum atomic E-state index is 11.4. The van der Waals surface area contributed by atoms with Crippen LogP contribution in [0.25, 0.3) is 0 Å². The number of hydrogen-bond donors (Lipinski definition) is 1. The summed E-state index contributed by atoms with van der Waals surface area (Å²) in [6.45, 7) is 5.56. The van der Waals surface area contributed by atoms with Crippen molar-refractivity contribution in [3.8, 4) is 0 Å². The van der Waals surface area contributed by atoms with Crippen LogP contribution in [0.3, 0.4) is 0 Å². The largest absolute Gasteiger partial charge is 0.363 e. The Balaban J connectivity index is 2.67. The van der Waals surface area contributed by atoms with Crippen molar-refractivity contribution in [1.29, 1.82) is 0 Å². The Hall–Kier alpha value is -1.58. The second-order valence-corrected chi connectivity index (χ2v) is 2.99. The minimum atomic E-state index is -0.122. The molecule has 0 aliphatic heterocycles. The first kappa shape index (κ1) is 9.51. The molecule has 1 N–H and O–H groups in total. The van der Waals surface area contributed by atoms with Crippen molar-refractivity contribution in [3.63, 3.8) is 0 Å². The molecule has 0 saturated heterocycles. The Labute approximate surface area is 76.6 Å². The average molecular weight is 180 g/mol. The lowest BCUT2D eigenvalue weighted by Crippen LogP contribution is -2.12. The fraction of sp³-hybridized carbons (Fsp3) is 0.333. The van der Waals surface area contributed by atoms with Crippen LogP contribution in [-0.2, 0) is 4.79 Å². The van der Waals surface area contributed by atoms with Crippen LogP contribution in [0.2, 0.25) is 0 Å². The van der Waals surface area contributed by atoms with Crippen molar-refractivity contribution in [1.82, 2.24) is 5.16 Å². The van der Waals surface area contributed by atoms with E-state index in [0.29, 0.717) is 11.3 Å². The quantitative estimate of drug-likeness (QED) is 0.708. The van der Waals surface area contributed by atoms with Crippen LogP contribution in [0, 0.1) is 0 Å². The van der Waals surface area contributed by atoms with Crippen LogP contribution in [0.15, 0.2) is 28.1 Å². The van der Waals surface area contributed by atoms with Gasteiger partial charge in [0.2, 0.25) is 0 Å². The predicted molar refractivity (Wildman–Crippen MR) is 49.2 cm³/mol. The summed E-state index contributed by atoms with van der Waals surface area (Å²) in [5.41, 5.74) is 2.28. The Bertz CT molecular complexity index is 321. The summed E-state index contributed by atoms with van der Waals surface area (Å²) < 4.78 is 4.57. The molecule has 4 nitrogen and oxygen atoms in total. The normalized spacial score (nSPS) is 9.46. The van der Waals surface area contributed by atoms with E-state index in [4.69, 9.17) is 0 Å². The van der Waals surface area contributed by atoms with Gasteiger partial charge in [0, 0.05) is 5.57 Å². The summed E-state index contributed by atoms with van der Waals surface area (Å²) in [5, 5.41) is 6.12. The van der Waals surface area contributed by atoms with Crippen molar-refractivity contribution >= 4 is 11.6 Å². The second-order valence-electron chi connectivity index (χ2n) is 2.99. The van der Waals surface area contributed by atoms with Crippen molar-refractivity contribution < 1.29 is 9.32 Å². The van der Waals surface area contributed by atoms with Crippen molar-refractivity contribution in [2.75, 3.05) is 5.32 Å². The first-order valence-electron chi connectivity index (χ1n) is 3.96. The van der Waals surface area contributed by atoms with E-state index in [2.05, 4.69) is 15.0 Å². The predicted octanol–water partition coefficient (Wildman–Crippen LogP) is 1.97. The monoisotopic (exact) mass is 180 g/mol. The van der Waals surface area contributed by atoms with Crippen LogP contribution in [-0.4, -0.2) is 11.1 Å². The molecular weight excluding hydrogens is 168 g/mol. The van der Waals surface area contributed by atoms with E-state index < -0.39 is 0 Å². The van der Waals surface area contributed by atoms with Gasteiger partial charge >= 0.3 is 0 Å². The summed E-state index contributed by atoms with van der Waals surface area (Å²) >= 11 is 0. The molecule has 1 aromatic rings. The SMILES string of the molecule is CC(C)=C(C)C(=O)Nc1cnoc1. The maximum absolute atomic E-state index is 11.4. The third-order valence-corrected chi connectivity index (χ3v) is 1.78. The molecule has 0 spiro atoms. The van der Waals surface area contributed by atoms with Gasteiger partial charge in [0.25, 0.3) is 5.91 Å². The van der Waals surface area contributed by atoms with Crippen LogP contribution in [0.4, 0.5) is 5.69 Å². The lowest BCUT2D eigenvalue weighted by molar-refractivity contribution is -0.112. The van der Waals surface area contributed by atoms with E-state index in [9.17, 15) is 4.79 Å². The van der Waals surface area contributed by atoms with Gasteiger partial charge in [0.05, 0.1) is 6.20 Å². The molecule has 70 valence electrons. The molecular formula is C9H12N2O2. The highest BCUT2D eigenvalue weighted by molar-refractivity contribution is 6.03. The van der Waals surface area contributed by atoms with E-state index in [0.717, 1.165) is 5.57 Å². The number of rotatable bonds is 2. The lowest BCUT2D eigenvalue weighted by atomic mass is 10.1. The van der Waals surface area contributed by atoms with Gasteiger partial charge in [0.15, 0.2) is 0 Å². The highest BCUT2D eigenvalue weighted by Crippen LogP contribution is 2.08. The molecule has 0 atom stereocenters. The molecule has 1 heterocycles. The van der Waals surface area contributed by atoms with E-state index in [1.54, 1.807) is 6.92 Å². The number of amides is 1. The fourth-order valence-corrected chi connectivity index (χ4v) is 0.718. The minimum Gasteiger partial charge on any atom is -0.363 e. The van der Waals surface area contributed by atoms with Crippen molar-refractivity contribution in [2.24, 2.45) is 0 Å². The number of allylic oxidation sites excluding steroid dienone is 1. The Morgan fingerprint density at radius 3 is 2.62 bits per heavy atom. The van der Waals surface area contributed by atoms with Gasteiger partial charge in [-0.1, -0.05) is 10.7 Å². The number of nitrogens with zero attached hydrogens (tertiary/aromatic N) is 1. The minimum absolute atomic E-state index is 0.122. The van der Waals surface area contributed by atoms with Crippen LogP contribution < -0.4 is 5.32 Å². The third-order valence-electron chi connectivity index (χ3n) is 1.78. The Morgan fingerprint density at radius 2 is 2.15 bits per heavy atom. The number of anilines is 1. The molecule has 1 aromatic heterocycles. The molecule has 1 amide bonds. The van der Waals surface area contributed by atoms with Gasteiger partial charge in [-0.2, -0.15) is 0 Å². The number of carbonyl (C=O) groups excluding carboxylic acids is 1. The second kappa shape index (κ2) is 3.89. The van der Waals surface area contributed by atoms with Crippen molar-refractivity contribution in [2.45, 2.75) is 20.8 Å². The summed E-state index contributed by atoms with van der Waals surface area (Å²) in [4.78, 5) is 11.4. The molecule has 0 fully saturated rings. The summed E-state index contributed by atoms with van der Waals surface area (Å²) in [7, 11) is 0. The zero-order valence-electron chi connectivity index (χ0n) is 7.92. The number of nitrogens with one attached hydrogen (secondary N) is 1. The molecule has 4 heteroatoms. The number of hydrogen-bond acceptors (Lipinski definition) is 3. The van der Waals surface area contributed by atoms with Crippen molar-refractivity contribution in [3.05, 3.63) is 23.6 Å². The summed E-state index contributed by atoms with van der Waals surface area (Å²) in [5.74, 6) is -0.122. The summed E-state index contributed by atoms with van der Waals surface area (Å²) in [6.07, 6.45) is 2.84. The zero-order valence-corrected chi connectivity index (χ0v) is 7.92. The zero-order chi connectivity index (χ0) is 9.84. The third kappa shape index (κ3) is 2.43. The van der Waals surface area contributed by atoms with Crippen LogP contribution in [0.1, 0.15) is 20.8 Å². The first-order chi connectivity index (χ1) is 6.11. The fourth-order valence-electron chi connectivity index (χ4n) is 0.718. The van der Waals surface area contributed by atoms with E-state index in [1.807, 2.05) is 13.8 Å². The van der Waals surface area contributed by atoms with Gasteiger partial charge in [-0.25, -0.2) is 0 Å². The van der Waals surface area contributed by atoms with Crippen LogP contribution in [0.5, 0.6) is 0 Å². The Morgan fingerprint density at radius 1 is 1.46 bits per heavy atom. The average Bonchev–Trinajstić information content (AvgIpc) is 2.55. The van der Waals surface area contributed by atoms with E-state index in [-0.39, 0.29) is 5.91 Å². The standard InChI is InChI=1S/C9H12N2O2/c1-6(2)7(3)9(12)11-8-4-10-13-5-8/h4-5H,1-3H3,(H,11,12). The molecule has 0 aromatic carbocycles. The maximum Gasteiger partial charge on any atom is 0.251 e. The molecule has 1 rings (SSSR count). The van der Waals surface area contributed by atoms with Gasteiger partial charge in [-0.3, -0.25) is 4.79 Å². The van der Waals surface area contributed by atoms with Gasteiger partial charge < -0.3 is 9.84 Å². The molecule has 13 heavy (non-hydrogen) atoms. The molecule has 0 aliphatic carbocycles. The van der Waals surface area contributed by atoms with Gasteiger partial charge in [-0.05, 0) is 20.8 Å². The summed E-state index contributed by atoms with van der Waals surface area (Å²) in [6, 6.07) is 0. The Kier molecular flexibility index (Phi) is 2.84. The highest BCUT2D eigenvalue weighted by Gasteiger charge is 2.06. The topological polar surface area (TPSA) is 55.1 Å². The van der Waals surface area contributed by atoms with E-state index >= 15 is 0 Å². The molecule has 0 radical (unpaired) electrons. The highest BCUT2D eigenvalue weighted by atomic mass is 16.5. The van der Waals surface area contributed by atoms with Crippen LogP contribution >= 0.6 is 0 Å². The van der Waals surface area contributed by atoms with Gasteiger partial charge in [-0.15, -0.1) is 0 Å². The number of carbonyl (C=O) groups is 1.